The van der Waals surface area contributed by atoms with Gasteiger partial charge in [-0.1, -0.05) is 18.2 Å². The third-order valence-electron chi connectivity index (χ3n) is 5.10. The number of nitrogens with zero attached hydrogens (tertiary/aromatic N) is 2. The molecule has 0 spiro atoms. The maximum atomic E-state index is 13.3. The number of hydrogen-bond donors (Lipinski definition) is 2. The lowest BCUT2D eigenvalue weighted by Gasteiger charge is -2.14. The summed E-state index contributed by atoms with van der Waals surface area (Å²) in [6.07, 6.45) is 0. The van der Waals surface area contributed by atoms with Gasteiger partial charge in [0.25, 0.3) is 0 Å². The molecule has 0 aliphatic rings. The predicted octanol–water partition coefficient (Wildman–Crippen LogP) is 4.32. The fourth-order valence-corrected chi connectivity index (χ4v) is 4.81. The molecule has 0 unspecified atom stereocenters. The van der Waals surface area contributed by atoms with Crippen LogP contribution in [0.5, 0.6) is 11.5 Å². The lowest BCUT2D eigenvalue weighted by atomic mass is 10.2. The quantitative estimate of drug-likeness (QED) is 0.373. The molecule has 4 aromatic rings. The van der Waals surface area contributed by atoms with Gasteiger partial charge in [-0.25, -0.2) is 18.4 Å². The molecule has 0 aliphatic heterocycles. The van der Waals surface area contributed by atoms with Gasteiger partial charge in [0, 0.05) is 36.5 Å². The van der Waals surface area contributed by atoms with Crippen molar-refractivity contribution in [3.63, 3.8) is 0 Å². The first-order chi connectivity index (χ1) is 16.8. The van der Waals surface area contributed by atoms with E-state index in [2.05, 4.69) is 20.6 Å². The van der Waals surface area contributed by atoms with Crippen molar-refractivity contribution in [3.8, 4) is 11.5 Å². The van der Waals surface area contributed by atoms with Crippen LogP contribution in [-0.2, 0) is 20.4 Å². The molecule has 0 saturated carbocycles. The number of aromatic nitrogens is 2. The maximum absolute atomic E-state index is 13.3. The number of carbonyl (C=O) groups is 1. The van der Waals surface area contributed by atoms with E-state index in [9.17, 15) is 13.2 Å². The van der Waals surface area contributed by atoms with Gasteiger partial charge in [0.2, 0.25) is 5.91 Å². The molecule has 180 valence electrons. The highest BCUT2D eigenvalue weighted by atomic mass is 32.2. The molecule has 0 saturated heterocycles. The lowest BCUT2D eigenvalue weighted by molar-refractivity contribution is -0.114. The molecule has 0 radical (unpaired) electrons. The number of sulfone groups is 1. The number of amides is 1. The lowest BCUT2D eigenvalue weighted by Crippen LogP contribution is -2.11. The summed E-state index contributed by atoms with van der Waals surface area (Å²) in [4.78, 5) is 20.7. The van der Waals surface area contributed by atoms with Crippen molar-refractivity contribution in [2.24, 2.45) is 0 Å². The monoisotopic (exact) mass is 492 g/mol. The third-order valence-corrected chi connectivity index (χ3v) is 6.72. The second-order valence-electron chi connectivity index (χ2n) is 7.70. The molecule has 35 heavy (non-hydrogen) atoms. The van der Waals surface area contributed by atoms with Gasteiger partial charge in [0.1, 0.15) is 17.3 Å². The smallest absolute Gasteiger partial charge is 0.221 e. The van der Waals surface area contributed by atoms with Gasteiger partial charge in [-0.3, -0.25) is 4.79 Å². The average molecular weight is 493 g/mol. The maximum Gasteiger partial charge on any atom is 0.221 e. The summed E-state index contributed by atoms with van der Waals surface area (Å²) in [6.45, 7) is 1.36. The van der Waals surface area contributed by atoms with Gasteiger partial charge in [-0.2, -0.15) is 0 Å². The minimum absolute atomic E-state index is 0.0627. The summed E-state index contributed by atoms with van der Waals surface area (Å²) in [5.41, 5.74) is 2.41. The molecule has 1 heterocycles. The Morgan fingerprint density at radius 3 is 2.14 bits per heavy atom. The zero-order valence-electron chi connectivity index (χ0n) is 19.4. The Kier molecular flexibility index (Phi) is 6.83. The first-order valence-electron chi connectivity index (χ1n) is 10.6. The minimum Gasteiger partial charge on any atom is -0.497 e. The highest BCUT2D eigenvalue weighted by Crippen LogP contribution is 2.30. The normalized spacial score (nSPS) is 11.2. The van der Waals surface area contributed by atoms with Crippen molar-refractivity contribution in [3.05, 3.63) is 72.4 Å². The van der Waals surface area contributed by atoms with Gasteiger partial charge in [0.05, 0.1) is 35.8 Å². The zero-order valence-corrected chi connectivity index (χ0v) is 20.2. The van der Waals surface area contributed by atoms with Crippen LogP contribution < -0.4 is 20.1 Å². The number of carbonyl (C=O) groups excluding carboxylic acids is 1. The first kappa shape index (κ1) is 24.0. The van der Waals surface area contributed by atoms with E-state index in [1.807, 2.05) is 12.1 Å². The highest BCUT2D eigenvalue weighted by molar-refractivity contribution is 7.90. The summed E-state index contributed by atoms with van der Waals surface area (Å²) in [6, 6.07) is 18.5. The van der Waals surface area contributed by atoms with Crippen LogP contribution in [0.4, 0.5) is 17.2 Å². The summed E-state index contributed by atoms with van der Waals surface area (Å²) in [5, 5.41) is 5.77. The van der Waals surface area contributed by atoms with E-state index >= 15 is 0 Å². The molecule has 1 aromatic heterocycles. The van der Waals surface area contributed by atoms with Gasteiger partial charge >= 0.3 is 0 Å². The van der Waals surface area contributed by atoms with E-state index in [4.69, 9.17) is 9.47 Å². The standard InChI is InChI=1S/C25H24N4O5S/c1-16(30)26-17-7-6-8-21(13-17)35(31,32)15-24-25(29-23-10-5-4-9-22(23)28-24)27-18-11-19(33-2)14-20(12-18)34-3/h4-14H,15H2,1-3H3,(H,26,30)(H,27,29). The number of nitrogens with one attached hydrogen (secondary N) is 2. The number of ether oxygens (including phenoxy) is 2. The minimum atomic E-state index is -3.82. The third kappa shape index (κ3) is 5.67. The molecule has 4 rings (SSSR count). The number of rotatable bonds is 8. The van der Waals surface area contributed by atoms with Crippen molar-refractivity contribution in [1.82, 2.24) is 9.97 Å². The van der Waals surface area contributed by atoms with Crippen LogP contribution in [0.25, 0.3) is 11.0 Å². The largest absolute Gasteiger partial charge is 0.497 e. The van der Waals surface area contributed by atoms with Crippen molar-refractivity contribution >= 4 is 44.0 Å². The van der Waals surface area contributed by atoms with Crippen LogP contribution >= 0.6 is 0 Å². The second-order valence-corrected chi connectivity index (χ2v) is 9.69. The Morgan fingerprint density at radius 2 is 1.51 bits per heavy atom. The van der Waals surface area contributed by atoms with Crippen molar-refractivity contribution in [2.75, 3.05) is 24.9 Å². The van der Waals surface area contributed by atoms with Gasteiger partial charge < -0.3 is 20.1 Å². The first-order valence-corrected chi connectivity index (χ1v) is 12.3. The van der Waals surface area contributed by atoms with E-state index in [0.717, 1.165) is 0 Å². The number of methoxy groups -OCH3 is 2. The number of fused-ring (bicyclic) bond motifs is 1. The average Bonchev–Trinajstić information content (AvgIpc) is 2.83. The molecule has 3 aromatic carbocycles. The molecule has 0 aliphatic carbocycles. The Bertz CT molecular complexity index is 1480. The Hall–Kier alpha value is -4.18. The van der Waals surface area contributed by atoms with Gasteiger partial charge in [0.15, 0.2) is 15.7 Å². The van der Waals surface area contributed by atoms with E-state index in [-0.39, 0.29) is 16.5 Å². The molecule has 9 nitrogen and oxygen atoms in total. The number of benzene rings is 3. The van der Waals surface area contributed by atoms with Gasteiger partial charge in [-0.15, -0.1) is 0 Å². The van der Waals surface area contributed by atoms with Crippen molar-refractivity contribution < 1.29 is 22.7 Å². The van der Waals surface area contributed by atoms with Crippen LogP contribution in [0.2, 0.25) is 0 Å². The van der Waals surface area contributed by atoms with Crippen LogP contribution in [0.3, 0.4) is 0 Å². The summed E-state index contributed by atoms with van der Waals surface area (Å²) >= 11 is 0. The molecule has 2 N–H and O–H groups in total. The Balaban J connectivity index is 1.76. The van der Waals surface area contributed by atoms with Crippen LogP contribution in [-0.4, -0.2) is 38.5 Å². The summed E-state index contributed by atoms with van der Waals surface area (Å²) < 4.78 is 37.3. The van der Waals surface area contributed by atoms with Crippen LogP contribution in [0.15, 0.2) is 71.6 Å². The molecular weight excluding hydrogens is 468 g/mol. The fourth-order valence-electron chi connectivity index (χ4n) is 3.49. The van der Waals surface area contributed by atoms with E-state index < -0.39 is 15.6 Å². The topological polar surface area (TPSA) is 120 Å². The second kappa shape index (κ2) is 9.98. The molecule has 0 bridgehead atoms. The number of hydrogen-bond acceptors (Lipinski definition) is 8. The highest BCUT2D eigenvalue weighted by Gasteiger charge is 2.21. The number of para-hydroxylation sites is 2. The molecule has 0 fully saturated rings. The Morgan fingerprint density at radius 1 is 0.857 bits per heavy atom. The molecule has 1 amide bonds. The van der Waals surface area contributed by atoms with E-state index in [1.54, 1.807) is 56.7 Å². The predicted molar refractivity (Wildman–Crippen MR) is 134 cm³/mol. The molecule has 10 heteroatoms. The number of anilines is 3. The Labute approximate surface area is 203 Å². The summed E-state index contributed by atoms with van der Waals surface area (Å²) in [7, 11) is -0.738. The zero-order chi connectivity index (χ0) is 25.0. The molecular formula is C25H24N4O5S. The van der Waals surface area contributed by atoms with E-state index in [0.29, 0.717) is 39.7 Å². The summed E-state index contributed by atoms with van der Waals surface area (Å²) in [5.74, 6) is 0.715. The molecule has 0 atom stereocenters. The van der Waals surface area contributed by atoms with E-state index in [1.165, 1.54) is 19.1 Å². The van der Waals surface area contributed by atoms with Crippen molar-refractivity contribution in [1.29, 1.82) is 0 Å². The van der Waals surface area contributed by atoms with Gasteiger partial charge in [-0.05, 0) is 30.3 Å². The fraction of sp³-hybridized carbons (Fsp3) is 0.160. The SMILES string of the molecule is COc1cc(Nc2nc3ccccc3nc2CS(=O)(=O)c2cccc(NC(C)=O)c2)cc(OC)c1. The van der Waals surface area contributed by atoms with Crippen LogP contribution in [0, 0.1) is 0 Å². The van der Waals surface area contributed by atoms with Crippen molar-refractivity contribution in [2.45, 2.75) is 17.6 Å². The van der Waals surface area contributed by atoms with Crippen LogP contribution in [0.1, 0.15) is 12.6 Å².